The van der Waals surface area contributed by atoms with E-state index in [1.165, 1.54) is 5.56 Å². The van der Waals surface area contributed by atoms with E-state index < -0.39 is 6.04 Å². The van der Waals surface area contributed by atoms with E-state index in [9.17, 15) is 10.1 Å². The smallest absolute Gasteiger partial charge is 0.247 e. The van der Waals surface area contributed by atoms with Crippen LogP contribution in [0.5, 0.6) is 0 Å². The zero-order valence-electron chi connectivity index (χ0n) is 15.0. The lowest BCUT2D eigenvalue weighted by molar-refractivity contribution is -0.126. The van der Waals surface area contributed by atoms with Gasteiger partial charge in [-0.15, -0.1) is 0 Å². The summed E-state index contributed by atoms with van der Waals surface area (Å²) in [5.41, 5.74) is 2.71. The molecular weight excluding hydrogens is 318 g/mol. The normalized spacial score (nSPS) is 12.4. The number of carbonyl (C=O) groups is 1. The molecule has 0 saturated heterocycles. The summed E-state index contributed by atoms with van der Waals surface area (Å²) >= 11 is 0. The van der Waals surface area contributed by atoms with Crippen LogP contribution in [0.4, 0.5) is 0 Å². The molecule has 132 valence electrons. The third-order valence-corrected chi connectivity index (χ3v) is 3.70. The molecular formula is C19H23N3O3. The quantitative estimate of drug-likeness (QED) is 0.872. The Bertz CT molecular complexity index is 751. The van der Waals surface area contributed by atoms with Crippen LogP contribution in [-0.4, -0.2) is 17.7 Å². The second-order valence-corrected chi connectivity index (χ2v) is 6.93. The SMILES string of the molecule is Cc1cc(COCC(=O)NC(C#N)c2ccc(C(C)(C)C)cc2)on1. The second-order valence-electron chi connectivity index (χ2n) is 6.93. The first kappa shape index (κ1) is 18.7. The minimum Gasteiger partial charge on any atom is -0.364 e. The molecule has 6 nitrogen and oxygen atoms in total. The summed E-state index contributed by atoms with van der Waals surface area (Å²) in [6.07, 6.45) is 0. The maximum atomic E-state index is 12.0. The van der Waals surface area contributed by atoms with Gasteiger partial charge >= 0.3 is 0 Å². The van der Waals surface area contributed by atoms with Crippen LogP contribution in [0.2, 0.25) is 0 Å². The number of nitriles is 1. The standard InChI is InChI=1S/C19H23N3O3/c1-13-9-16(25-22-13)11-24-12-18(23)21-17(10-20)14-5-7-15(8-6-14)19(2,3)4/h5-9,17H,11-12H2,1-4H3,(H,21,23). The van der Waals surface area contributed by atoms with Crippen LogP contribution in [0.25, 0.3) is 0 Å². The minimum atomic E-state index is -0.711. The number of carbonyl (C=O) groups excluding carboxylic acids is 1. The number of hydrogen-bond acceptors (Lipinski definition) is 5. The number of nitrogens with one attached hydrogen (secondary N) is 1. The maximum absolute atomic E-state index is 12.0. The fourth-order valence-electron chi connectivity index (χ4n) is 2.30. The average molecular weight is 341 g/mol. The Morgan fingerprint density at radius 1 is 1.36 bits per heavy atom. The predicted molar refractivity (Wildman–Crippen MR) is 92.5 cm³/mol. The monoisotopic (exact) mass is 341 g/mol. The van der Waals surface area contributed by atoms with Gasteiger partial charge < -0.3 is 14.6 Å². The van der Waals surface area contributed by atoms with Gasteiger partial charge in [0.1, 0.15) is 19.3 Å². The molecule has 6 heteroatoms. The zero-order valence-corrected chi connectivity index (χ0v) is 15.0. The van der Waals surface area contributed by atoms with Gasteiger partial charge in [0.05, 0.1) is 11.8 Å². The van der Waals surface area contributed by atoms with Crippen molar-refractivity contribution in [1.82, 2.24) is 10.5 Å². The molecule has 0 aliphatic heterocycles. The highest BCUT2D eigenvalue weighted by atomic mass is 16.5. The van der Waals surface area contributed by atoms with Gasteiger partial charge in [-0.05, 0) is 23.5 Å². The van der Waals surface area contributed by atoms with Crippen molar-refractivity contribution in [2.24, 2.45) is 0 Å². The Morgan fingerprint density at radius 2 is 2.04 bits per heavy atom. The summed E-state index contributed by atoms with van der Waals surface area (Å²) in [6, 6.07) is 10.8. The number of benzene rings is 1. The molecule has 1 aromatic carbocycles. The van der Waals surface area contributed by atoms with Crippen molar-refractivity contribution in [2.45, 2.75) is 45.8 Å². The van der Waals surface area contributed by atoms with Crippen molar-refractivity contribution < 1.29 is 14.1 Å². The highest BCUT2D eigenvalue weighted by molar-refractivity contribution is 5.78. The summed E-state index contributed by atoms with van der Waals surface area (Å²) in [5, 5.41) is 15.7. The van der Waals surface area contributed by atoms with E-state index in [0.29, 0.717) is 5.76 Å². The molecule has 0 bridgehead atoms. The number of nitrogens with zero attached hydrogens (tertiary/aromatic N) is 2. The van der Waals surface area contributed by atoms with Crippen molar-refractivity contribution in [2.75, 3.05) is 6.61 Å². The maximum Gasteiger partial charge on any atom is 0.247 e. The van der Waals surface area contributed by atoms with E-state index in [4.69, 9.17) is 9.26 Å². The topological polar surface area (TPSA) is 88.1 Å². The van der Waals surface area contributed by atoms with E-state index in [2.05, 4.69) is 37.3 Å². The lowest BCUT2D eigenvalue weighted by Gasteiger charge is -2.20. The summed E-state index contributed by atoms with van der Waals surface area (Å²) in [7, 11) is 0. The van der Waals surface area contributed by atoms with Crippen molar-refractivity contribution in [3.63, 3.8) is 0 Å². The molecule has 1 unspecified atom stereocenters. The lowest BCUT2D eigenvalue weighted by atomic mass is 9.86. The van der Waals surface area contributed by atoms with Crippen LogP contribution in [0.15, 0.2) is 34.9 Å². The van der Waals surface area contributed by atoms with Gasteiger partial charge in [-0.3, -0.25) is 4.79 Å². The van der Waals surface area contributed by atoms with E-state index >= 15 is 0 Å². The van der Waals surface area contributed by atoms with E-state index in [1.807, 2.05) is 31.2 Å². The first-order chi connectivity index (χ1) is 11.8. The molecule has 1 amide bonds. The van der Waals surface area contributed by atoms with Gasteiger partial charge in [0, 0.05) is 6.07 Å². The fourth-order valence-corrected chi connectivity index (χ4v) is 2.30. The number of hydrogen-bond donors (Lipinski definition) is 1. The van der Waals surface area contributed by atoms with Crippen LogP contribution in [0.3, 0.4) is 0 Å². The van der Waals surface area contributed by atoms with Gasteiger partial charge in [0.2, 0.25) is 5.91 Å². The fraction of sp³-hybridized carbons (Fsp3) is 0.421. The average Bonchev–Trinajstić information content (AvgIpc) is 2.97. The largest absolute Gasteiger partial charge is 0.364 e. The molecule has 0 aliphatic rings. The summed E-state index contributed by atoms with van der Waals surface area (Å²) in [5.74, 6) is 0.197. The van der Waals surface area contributed by atoms with Crippen molar-refractivity contribution in [1.29, 1.82) is 5.26 Å². The van der Waals surface area contributed by atoms with Crippen LogP contribution >= 0.6 is 0 Å². The van der Waals surface area contributed by atoms with Crippen LogP contribution in [0.1, 0.15) is 49.4 Å². The summed E-state index contributed by atoms with van der Waals surface area (Å²) in [6.45, 7) is 8.18. The molecule has 2 rings (SSSR count). The first-order valence-electron chi connectivity index (χ1n) is 8.09. The zero-order chi connectivity index (χ0) is 18.4. The third kappa shape index (κ3) is 5.44. The van der Waals surface area contributed by atoms with Crippen molar-refractivity contribution in [3.8, 4) is 6.07 Å². The summed E-state index contributed by atoms with van der Waals surface area (Å²) in [4.78, 5) is 12.0. The predicted octanol–water partition coefficient (Wildman–Crippen LogP) is 3.18. The van der Waals surface area contributed by atoms with E-state index in [1.54, 1.807) is 6.07 Å². The Hall–Kier alpha value is -2.65. The molecule has 1 atom stereocenters. The van der Waals surface area contributed by atoms with E-state index in [-0.39, 0.29) is 24.5 Å². The lowest BCUT2D eigenvalue weighted by Crippen LogP contribution is -2.31. The molecule has 25 heavy (non-hydrogen) atoms. The molecule has 0 aliphatic carbocycles. The Morgan fingerprint density at radius 3 is 2.56 bits per heavy atom. The van der Waals surface area contributed by atoms with Crippen molar-refractivity contribution >= 4 is 5.91 Å². The molecule has 0 spiro atoms. The second kappa shape index (κ2) is 7.95. The molecule has 2 aromatic rings. The van der Waals surface area contributed by atoms with E-state index in [0.717, 1.165) is 11.3 Å². The Balaban J connectivity index is 1.88. The number of aryl methyl sites for hydroxylation is 1. The molecule has 0 radical (unpaired) electrons. The molecule has 0 fully saturated rings. The number of ether oxygens (including phenoxy) is 1. The van der Waals surface area contributed by atoms with Gasteiger partial charge in [0.15, 0.2) is 5.76 Å². The number of amides is 1. The molecule has 1 N–H and O–H groups in total. The Labute approximate surface area is 147 Å². The van der Waals surface area contributed by atoms with Crippen LogP contribution in [-0.2, 0) is 21.6 Å². The molecule has 1 aromatic heterocycles. The van der Waals surface area contributed by atoms with Crippen LogP contribution in [0, 0.1) is 18.3 Å². The molecule has 1 heterocycles. The number of rotatable bonds is 6. The number of aromatic nitrogens is 1. The third-order valence-electron chi connectivity index (χ3n) is 3.70. The minimum absolute atomic E-state index is 0.0385. The van der Waals surface area contributed by atoms with Gasteiger partial charge in [-0.2, -0.15) is 5.26 Å². The van der Waals surface area contributed by atoms with Gasteiger partial charge in [0.25, 0.3) is 0 Å². The van der Waals surface area contributed by atoms with Gasteiger partial charge in [-0.25, -0.2) is 0 Å². The molecule has 0 saturated carbocycles. The Kier molecular flexibility index (Phi) is 5.94. The summed E-state index contributed by atoms with van der Waals surface area (Å²) < 4.78 is 10.3. The van der Waals surface area contributed by atoms with Gasteiger partial charge in [-0.1, -0.05) is 50.2 Å². The van der Waals surface area contributed by atoms with Crippen molar-refractivity contribution in [3.05, 3.63) is 52.9 Å². The highest BCUT2D eigenvalue weighted by Gasteiger charge is 2.17. The first-order valence-corrected chi connectivity index (χ1v) is 8.09. The van der Waals surface area contributed by atoms with Crippen LogP contribution < -0.4 is 5.32 Å². The highest BCUT2D eigenvalue weighted by Crippen LogP contribution is 2.23.